The molecule has 1 atom stereocenters. The second-order valence-corrected chi connectivity index (χ2v) is 2.34. The van der Waals surface area contributed by atoms with E-state index in [9.17, 15) is 9.59 Å². The Hall–Kier alpha value is -1.14. The second-order valence-electron chi connectivity index (χ2n) is 2.34. The number of aliphatic hydroxyl groups is 1. The van der Waals surface area contributed by atoms with Crippen LogP contribution in [-0.4, -0.2) is 52.7 Å². The minimum atomic E-state index is -0.899. The van der Waals surface area contributed by atoms with Crippen molar-refractivity contribution in [1.82, 2.24) is 4.90 Å². The average Bonchev–Trinajstić information content (AvgIpc) is 2.55. The first-order chi connectivity index (χ1) is 5.75. The third kappa shape index (κ3) is 3.86. The number of aliphatic carboxylic acids is 1. The number of hydrogen-bond acceptors (Lipinski definition) is 3. The van der Waals surface area contributed by atoms with Crippen molar-refractivity contribution in [1.29, 1.82) is 0 Å². The van der Waals surface area contributed by atoms with Gasteiger partial charge in [0.05, 0.1) is 0 Å². The first kappa shape index (κ1) is 14.4. The molecule has 1 fully saturated rings. The molecule has 1 saturated heterocycles. The SMILES string of the molecule is CO.O.O=CN1CCCC1C(=O)O. The summed E-state index contributed by atoms with van der Waals surface area (Å²) < 4.78 is 0. The molecule has 0 aliphatic carbocycles. The van der Waals surface area contributed by atoms with Crippen LogP contribution >= 0.6 is 0 Å². The van der Waals surface area contributed by atoms with Gasteiger partial charge in [0.1, 0.15) is 6.04 Å². The Balaban J connectivity index is 0. The van der Waals surface area contributed by atoms with Gasteiger partial charge in [-0.3, -0.25) is 4.79 Å². The van der Waals surface area contributed by atoms with Crippen LogP contribution in [0.25, 0.3) is 0 Å². The summed E-state index contributed by atoms with van der Waals surface area (Å²) in [6.07, 6.45) is 2.00. The minimum Gasteiger partial charge on any atom is -0.480 e. The molecule has 4 N–H and O–H groups in total. The molecule has 1 amide bonds. The van der Waals surface area contributed by atoms with Crippen LogP contribution in [0.2, 0.25) is 0 Å². The van der Waals surface area contributed by atoms with Gasteiger partial charge < -0.3 is 20.6 Å². The smallest absolute Gasteiger partial charge is 0.326 e. The highest BCUT2D eigenvalue weighted by atomic mass is 16.4. The Morgan fingerprint density at radius 3 is 2.38 bits per heavy atom. The van der Waals surface area contributed by atoms with E-state index in [0.29, 0.717) is 19.4 Å². The summed E-state index contributed by atoms with van der Waals surface area (Å²) >= 11 is 0. The average molecular weight is 193 g/mol. The van der Waals surface area contributed by atoms with Gasteiger partial charge in [-0.2, -0.15) is 0 Å². The molecule has 6 nitrogen and oxygen atoms in total. The Kier molecular flexibility index (Phi) is 8.31. The fraction of sp³-hybridized carbons (Fsp3) is 0.714. The third-order valence-electron chi connectivity index (χ3n) is 1.71. The number of hydrogen-bond donors (Lipinski definition) is 2. The third-order valence-corrected chi connectivity index (χ3v) is 1.71. The quantitative estimate of drug-likeness (QED) is 0.518. The van der Waals surface area contributed by atoms with Crippen molar-refractivity contribution in [2.45, 2.75) is 18.9 Å². The zero-order chi connectivity index (χ0) is 9.56. The molecule has 1 aliphatic rings. The molecule has 1 rings (SSSR count). The molecule has 0 spiro atoms. The monoisotopic (exact) mass is 193 g/mol. The molecule has 0 bridgehead atoms. The Morgan fingerprint density at radius 2 is 2.08 bits per heavy atom. The van der Waals surface area contributed by atoms with Crippen LogP contribution in [0.3, 0.4) is 0 Å². The number of likely N-dealkylation sites (tertiary alicyclic amines) is 1. The summed E-state index contributed by atoms with van der Waals surface area (Å²) in [5, 5.41) is 15.5. The number of carbonyl (C=O) groups is 2. The molecule has 1 unspecified atom stereocenters. The summed E-state index contributed by atoms with van der Waals surface area (Å²) in [5.74, 6) is -0.899. The van der Waals surface area contributed by atoms with Gasteiger partial charge in [-0.15, -0.1) is 0 Å². The van der Waals surface area contributed by atoms with Crippen molar-refractivity contribution in [3.05, 3.63) is 0 Å². The molecular formula is C7H15NO5. The normalized spacial score (nSPS) is 19.5. The van der Waals surface area contributed by atoms with E-state index in [0.717, 1.165) is 13.5 Å². The van der Waals surface area contributed by atoms with Crippen molar-refractivity contribution in [2.75, 3.05) is 13.7 Å². The van der Waals surface area contributed by atoms with Crippen molar-refractivity contribution < 1.29 is 25.3 Å². The van der Waals surface area contributed by atoms with Gasteiger partial charge in [0.25, 0.3) is 0 Å². The minimum absolute atomic E-state index is 0. The van der Waals surface area contributed by atoms with E-state index >= 15 is 0 Å². The number of nitrogens with zero attached hydrogens (tertiary/aromatic N) is 1. The van der Waals surface area contributed by atoms with Crippen molar-refractivity contribution in [3.63, 3.8) is 0 Å². The van der Waals surface area contributed by atoms with E-state index in [1.165, 1.54) is 4.90 Å². The van der Waals surface area contributed by atoms with Crippen LogP contribution in [0.15, 0.2) is 0 Å². The highest BCUT2D eigenvalue weighted by Gasteiger charge is 2.28. The van der Waals surface area contributed by atoms with Gasteiger partial charge >= 0.3 is 5.97 Å². The van der Waals surface area contributed by atoms with Crippen LogP contribution in [0.1, 0.15) is 12.8 Å². The highest BCUT2D eigenvalue weighted by molar-refractivity contribution is 5.76. The van der Waals surface area contributed by atoms with E-state index in [4.69, 9.17) is 10.2 Å². The van der Waals surface area contributed by atoms with E-state index in [2.05, 4.69) is 0 Å². The molecule has 0 radical (unpaired) electrons. The summed E-state index contributed by atoms with van der Waals surface area (Å²) in [7, 11) is 1.00. The lowest BCUT2D eigenvalue weighted by molar-refractivity contribution is -0.144. The predicted molar refractivity (Wildman–Crippen MR) is 45.2 cm³/mol. The van der Waals surface area contributed by atoms with Gasteiger partial charge in [0.15, 0.2) is 0 Å². The molecule has 0 saturated carbocycles. The second kappa shape index (κ2) is 7.51. The van der Waals surface area contributed by atoms with E-state index in [1.807, 2.05) is 0 Å². The Labute approximate surface area is 76.1 Å². The molecule has 0 aromatic rings. The number of rotatable bonds is 2. The fourth-order valence-electron chi connectivity index (χ4n) is 1.18. The van der Waals surface area contributed by atoms with Crippen molar-refractivity contribution in [3.8, 4) is 0 Å². The van der Waals surface area contributed by atoms with Gasteiger partial charge in [-0.1, -0.05) is 0 Å². The standard InChI is InChI=1S/C6H9NO3.CH4O.H2O/c8-4-7-3-1-2-5(7)6(9)10;1-2;/h4-5H,1-3H2,(H,9,10);2H,1H3;1H2. The zero-order valence-electron chi connectivity index (χ0n) is 7.43. The van der Waals surface area contributed by atoms with Crippen LogP contribution in [0, 0.1) is 0 Å². The van der Waals surface area contributed by atoms with Crippen LogP contribution in [0.5, 0.6) is 0 Å². The van der Waals surface area contributed by atoms with Gasteiger partial charge in [0.2, 0.25) is 6.41 Å². The topological polar surface area (TPSA) is 109 Å². The molecule has 0 aromatic heterocycles. The highest BCUT2D eigenvalue weighted by Crippen LogP contribution is 2.14. The summed E-state index contributed by atoms with van der Waals surface area (Å²) in [5.41, 5.74) is 0. The number of carboxylic acids is 1. The van der Waals surface area contributed by atoms with Gasteiger partial charge in [-0.05, 0) is 12.8 Å². The fourth-order valence-corrected chi connectivity index (χ4v) is 1.18. The molecule has 1 heterocycles. The molecule has 1 aliphatic heterocycles. The maximum atomic E-state index is 10.4. The largest absolute Gasteiger partial charge is 0.480 e. The first-order valence-corrected chi connectivity index (χ1v) is 3.64. The lowest BCUT2D eigenvalue weighted by Crippen LogP contribution is -2.34. The van der Waals surface area contributed by atoms with Crippen molar-refractivity contribution >= 4 is 12.4 Å². The number of carbonyl (C=O) groups excluding carboxylic acids is 1. The Morgan fingerprint density at radius 1 is 1.54 bits per heavy atom. The van der Waals surface area contributed by atoms with Gasteiger partial charge in [0, 0.05) is 13.7 Å². The van der Waals surface area contributed by atoms with Crippen molar-refractivity contribution in [2.24, 2.45) is 0 Å². The molecule has 13 heavy (non-hydrogen) atoms. The number of carboxylic acid groups (broad SMARTS) is 1. The van der Waals surface area contributed by atoms with E-state index in [1.54, 1.807) is 0 Å². The molecule has 78 valence electrons. The zero-order valence-corrected chi connectivity index (χ0v) is 7.43. The number of aliphatic hydroxyl groups excluding tert-OH is 1. The molecular weight excluding hydrogens is 178 g/mol. The lowest BCUT2D eigenvalue weighted by atomic mass is 10.2. The van der Waals surface area contributed by atoms with Crippen LogP contribution < -0.4 is 0 Å². The maximum absolute atomic E-state index is 10.4. The van der Waals surface area contributed by atoms with E-state index < -0.39 is 12.0 Å². The summed E-state index contributed by atoms with van der Waals surface area (Å²) in [6, 6.07) is -0.572. The van der Waals surface area contributed by atoms with Gasteiger partial charge in [-0.25, -0.2) is 4.79 Å². The predicted octanol–water partition coefficient (Wildman–Crippen LogP) is -1.52. The maximum Gasteiger partial charge on any atom is 0.326 e. The van der Waals surface area contributed by atoms with Crippen LogP contribution in [0.4, 0.5) is 0 Å². The van der Waals surface area contributed by atoms with Crippen LogP contribution in [-0.2, 0) is 9.59 Å². The first-order valence-electron chi connectivity index (χ1n) is 3.64. The molecule has 6 heteroatoms. The summed E-state index contributed by atoms with van der Waals surface area (Å²) in [6.45, 7) is 0.584. The molecule has 0 aromatic carbocycles. The number of amides is 1. The lowest BCUT2D eigenvalue weighted by Gasteiger charge is -2.14. The summed E-state index contributed by atoms with van der Waals surface area (Å²) in [4.78, 5) is 21.9. The Bertz CT molecular complexity index is 161. The van der Waals surface area contributed by atoms with E-state index in [-0.39, 0.29) is 5.48 Å².